The van der Waals surface area contributed by atoms with Crippen LogP contribution in [0, 0.1) is 23.1 Å². The molecule has 0 bridgehead atoms. The van der Waals surface area contributed by atoms with Crippen LogP contribution in [-0.2, 0) is 5.41 Å². The van der Waals surface area contributed by atoms with Crippen molar-refractivity contribution in [1.29, 1.82) is 5.26 Å². The number of rotatable bonds is 11. The smallest absolute Gasteiger partial charge is 0.123 e. The maximum atomic E-state index is 13.1. The van der Waals surface area contributed by atoms with Gasteiger partial charge in [-0.1, -0.05) is 61.5 Å². The van der Waals surface area contributed by atoms with Crippen LogP contribution in [0.25, 0.3) is 0 Å². The third kappa shape index (κ3) is 6.65. The molecule has 1 aliphatic rings. The van der Waals surface area contributed by atoms with Crippen LogP contribution in [0.2, 0.25) is 0 Å². The lowest BCUT2D eigenvalue weighted by Crippen LogP contribution is -2.47. The van der Waals surface area contributed by atoms with E-state index in [9.17, 15) is 14.9 Å². The molecular formula is C28H37FN4O. The standard InChI is InChI=1S/C28H37FN4O/c1-23(2)28(22-30,25-8-4-3-5-9-25)15-7-17-33-20-18-32(19-21-33)16-6-10-27(31-34)24-11-13-26(29)14-12-24/h3-5,8-9,11-14,23,34H,6-7,10,15-21H2,1-2H3/b31-27+. The highest BCUT2D eigenvalue weighted by Gasteiger charge is 2.35. The number of piperazine rings is 1. The largest absolute Gasteiger partial charge is 0.411 e. The Morgan fingerprint density at radius 1 is 1.00 bits per heavy atom. The molecule has 0 spiro atoms. The Morgan fingerprint density at radius 2 is 1.59 bits per heavy atom. The zero-order valence-electron chi connectivity index (χ0n) is 20.5. The molecular weight excluding hydrogens is 427 g/mol. The highest BCUT2D eigenvalue weighted by molar-refractivity contribution is 6.00. The molecule has 34 heavy (non-hydrogen) atoms. The second-order valence-corrected chi connectivity index (χ2v) is 9.55. The average Bonchev–Trinajstić information content (AvgIpc) is 2.86. The van der Waals surface area contributed by atoms with E-state index in [-0.39, 0.29) is 11.7 Å². The molecule has 0 amide bonds. The van der Waals surface area contributed by atoms with Crippen LogP contribution in [0.15, 0.2) is 59.8 Å². The van der Waals surface area contributed by atoms with E-state index in [1.807, 2.05) is 18.2 Å². The zero-order valence-corrected chi connectivity index (χ0v) is 20.5. The molecule has 1 aliphatic heterocycles. The van der Waals surface area contributed by atoms with Crippen molar-refractivity contribution in [3.8, 4) is 6.07 Å². The van der Waals surface area contributed by atoms with Gasteiger partial charge in [0.25, 0.3) is 0 Å². The molecule has 1 saturated heterocycles. The Labute approximate surface area is 203 Å². The molecule has 2 aromatic carbocycles. The first kappa shape index (κ1) is 25.9. The molecule has 6 heteroatoms. The second kappa shape index (κ2) is 12.6. The lowest BCUT2D eigenvalue weighted by molar-refractivity contribution is 0.128. The van der Waals surface area contributed by atoms with Gasteiger partial charge in [-0.3, -0.25) is 0 Å². The molecule has 182 valence electrons. The van der Waals surface area contributed by atoms with Gasteiger partial charge in [-0.2, -0.15) is 5.26 Å². The molecule has 0 radical (unpaired) electrons. The molecule has 5 nitrogen and oxygen atoms in total. The first-order chi connectivity index (χ1) is 16.5. The molecule has 0 aromatic heterocycles. The summed E-state index contributed by atoms with van der Waals surface area (Å²) in [4.78, 5) is 4.96. The third-order valence-corrected chi connectivity index (χ3v) is 7.17. The van der Waals surface area contributed by atoms with E-state index in [4.69, 9.17) is 0 Å². The van der Waals surface area contributed by atoms with Crippen LogP contribution >= 0.6 is 0 Å². The van der Waals surface area contributed by atoms with Gasteiger partial charge in [-0.25, -0.2) is 4.39 Å². The summed E-state index contributed by atoms with van der Waals surface area (Å²) in [6.45, 7) is 10.4. The van der Waals surface area contributed by atoms with Gasteiger partial charge in [-0.15, -0.1) is 0 Å². The summed E-state index contributed by atoms with van der Waals surface area (Å²) in [6, 6.07) is 19.0. The van der Waals surface area contributed by atoms with Crippen molar-refractivity contribution in [2.45, 2.75) is 44.9 Å². The van der Waals surface area contributed by atoms with E-state index in [1.54, 1.807) is 12.1 Å². The fraction of sp³-hybridized carbons (Fsp3) is 0.500. The fourth-order valence-corrected chi connectivity index (χ4v) is 4.93. The van der Waals surface area contributed by atoms with Crippen molar-refractivity contribution in [2.24, 2.45) is 11.1 Å². The van der Waals surface area contributed by atoms with Gasteiger partial charge in [0.05, 0.1) is 17.2 Å². The lowest BCUT2D eigenvalue weighted by Gasteiger charge is -2.36. The first-order valence-corrected chi connectivity index (χ1v) is 12.4. The molecule has 2 aromatic rings. The fourth-order valence-electron chi connectivity index (χ4n) is 4.93. The second-order valence-electron chi connectivity index (χ2n) is 9.55. The van der Waals surface area contributed by atoms with Crippen LogP contribution in [0.3, 0.4) is 0 Å². The van der Waals surface area contributed by atoms with Gasteiger partial charge in [0.1, 0.15) is 5.82 Å². The third-order valence-electron chi connectivity index (χ3n) is 7.17. The van der Waals surface area contributed by atoms with E-state index in [1.165, 1.54) is 12.1 Å². The SMILES string of the molecule is CC(C)C(C#N)(CCCN1CCN(CCC/C(=N\O)c2ccc(F)cc2)CC1)c1ccccc1. The van der Waals surface area contributed by atoms with Crippen molar-refractivity contribution < 1.29 is 9.60 Å². The predicted octanol–water partition coefficient (Wildman–Crippen LogP) is 5.30. The Kier molecular flexibility index (Phi) is 9.62. The molecule has 1 N–H and O–H groups in total. The van der Waals surface area contributed by atoms with Crippen LogP contribution in [-0.4, -0.2) is 60.0 Å². The molecule has 0 saturated carbocycles. The van der Waals surface area contributed by atoms with Crippen molar-refractivity contribution >= 4 is 5.71 Å². The van der Waals surface area contributed by atoms with Crippen molar-refractivity contribution in [3.05, 3.63) is 71.5 Å². The summed E-state index contributed by atoms with van der Waals surface area (Å²) in [5.74, 6) is -0.0273. The van der Waals surface area contributed by atoms with Crippen LogP contribution in [0.4, 0.5) is 4.39 Å². The number of hydrogen-bond donors (Lipinski definition) is 1. The van der Waals surface area contributed by atoms with E-state index >= 15 is 0 Å². The predicted molar refractivity (Wildman–Crippen MR) is 135 cm³/mol. The maximum Gasteiger partial charge on any atom is 0.123 e. The zero-order chi connectivity index (χ0) is 24.4. The van der Waals surface area contributed by atoms with Crippen molar-refractivity contribution in [1.82, 2.24) is 9.80 Å². The molecule has 1 fully saturated rings. The van der Waals surface area contributed by atoms with Gasteiger partial charge in [-0.05, 0) is 68.0 Å². The van der Waals surface area contributed by atoms with E-state index < -0.39 is 5.41 Å². The van der Waals surface area contributed by atoms with Crippen molar-refractivity contribution in [3.63, 3.8) is 0 Å². The normalized spacial score (nSPS) is 17.4. The van der Waals surface area contributed by atoms with Gasteiger partial charge < -0.3 is 15.0 Å². The van der Waals surface area contributed by atoms with Gasteiger partial charge in [0.15, 0.2) is 0 Å². The summed E-state index contributed by atoms with van der Waals surface area (Å²) < 4.78 is 13.1. The van der Waals surface area contributed by atoms with Crippen LogP contribution in [0.5, 0.6) is 0 Å². The number of oxime groups is 1. The molecule has 1 unspecified atom stereocenters. The Bertz CT molecular complexity index is 947. The average molecular weight is 465 g/mol. The van der Waals surface area contributed by atoms with E-state index in [2.05, 4.69) is 47.0 Å². The number of nitrogens with zero attached hydrogens (tertiary/aromatic N) is 4. The van der Waals surface area contributed by atoms with Gasteiger partial charge >= 0.3 is 0 Å². The number of hydrogen-bond acceptors (Lipinski definition) is 5. The summed E-state index contributed by atoms with van der Waals surface area (Å²) >= 11 is 0. The maximum absolute atomic E-state index is 13.1. The Hall–Kier alpha value is -2.75. The van der Waals surface area contributed by atoms with Crippen LogP contribution < -0.4 is 0 Å². The first-order valence-electron chi connectivity index (χ1n) is 12.4. The molecule has 1 heterocycles. The van der Waals surface area contributed by atoms with Gasteiger partial charge in [0, 0.05) is 26.2 Å². The molecule has 3 rings (SSSR count). The Balaban J connectivity index is 1.40. The monoisotopic (exact) mass is 464 g/mol. The number of nitriles is 1. The lowest BCUT2D eigenvalue weighted by atomic mass is 9.70. The quantitative estimate of drug-likeness (QED) is 0.278. The summed E-state index contributed by atoms with van der Waals surface area (Å²) in [6.07, 6.45) is 3.44. The summed E-state index contributed by atoms with van der Waals surface area (Å²) in [5.41, 5.74) is 2.06. The highest BCUT2D eigenvalue weighted by Crippen LogP contribution is 2.36. The minimum atomic E-state index is -0.431. The molecule has 0 aliphatic carbocycles. The summed E-state index contributed by atoms with van der Waals surface area (Å²) in [5, 5.41) is 22.8. The number of benzene rings is 2. The Morgan fingerprint density at radius 3 is 2.12 bits per heavy atom. The van der Waals surface area contributed by atoms with Crippen molar-refractivity contribution in [2.75, 3.05) is 39.3 Å². The topological polar surface area (TPSA) is 62.9 Å². The minimum Gasteiger partial charge on any atom is -0.411 e. The van der Waals surface area contributed by atoms with E-state index in [0.717, 1.165) is 69.7 Å². The molecule has 1 atom stereocenters. The highest BCUT2D eigenvalue weighted by atomic mass is 19.1. The van der Waals surface area contributed by atoms with E-state index in [0.29, 0.717) is 12.1 Å². The minimum absolute atomic E-state index is 0.263. The van der Waals surface area contributed by atoms with Crippen LogP contribution in [0.1, 0.15) is 50.7 Å². The summed E-state index contributed by atoms with van der Waals surface area (Å²) in [7, 11) is 0. The number of halogens is 1. The van der Waals surface area contributed by atoms with Gasteiger partial charge in [0.2, 0.25) is 0 Å².